The summed E-state index contributed by atoms with van der Waals surface area (Å²) < 4.78 is 10.4. The second-order valence-electron chi connectivity index (χ2n) is 4.67. The molecule has 0 aliphatic heterocycles. The van der Waals surface area contributed by atoms with Crippen LogP contribution >= 0.6 is 11.8 Å². The molecule has 1 aromatic rings. The highest BCUT2D eigenvalue weighted by Crippen LogP contribution is 2.28. The van der Waals surface area contributed by atoms with Gasteiger partial charge in [-0.15, -0.1) is 0 Å². The minimum atomic E-state index is -0.372. The summed E-state index contributed by atoms with van der Waals surface area (Å²) in [5.74, 6) is 1.20. The smallest absolute Gasteiger partial charge is 0.325 e. The van der Waals surface area contributed by atoms with Gasteiger partial charge in [0.1, 0.15) is 12.3 Å². The molecule has 20 heavy (non-hydrogen) atoms. The quantitative estimate of drug-likeness (QED) is 0.723. The van der Waals surface area contributed by atoms with E-state index in [0.29, 0.717) is 12.4 Å². The number of carbonyl (C=O) groups excluding carboxylic acids is 2. The lowest BCUT2D eigenvalue weighted by Gasteiger charge is -2.19. The molecular weight excluding hydrogens is 278 g/mol. The average molecular weight is 297 g/mol. The maximum absolute atomic E-state index is 12.4. The van der Waals surface area contributed by atoms with E-state index < -0.39 is 0 Å². The molecule has 0 aromatic carbocycles. The van der Waals surface area contributed by atoms with Gasteiger partial charge in [-0.05, 0) is 38.2 Å². The number of amides is 1. The highest BCUT2D eigenvalue weighted by molar-refractivity contribution is 7.97. The third-order valence-electron chi connectivity index (χ3n) is 3.01. The summed E-state index contributed by atoms with van der Waals surface area (Å²) in [5, 5.41) is 0. The number of rotatable bonds is 7. The first-order valence-corrected chi connectivity index (χ1v) is 8.09. The second-order valence-corrected chi connectivity index (χ2v) is 5.53. The van der Waals surface area contributed by atoms with Gasteiger partial charge in [-0.2, -0.15) is 11.8 Å². The molecule has 1 amide bonds. The van der Waals surface area contributed by atoms with Crippen LogP contribution in [0.4, 0.5) is 0 Å². The van der Waals surface area contributed by atoms with Crippen LogP contribution in [0.2, 0.25) is 0 Å². The van der Waals surface area contributed by atoms with Gasteiger partial charge < -0.3 is 14.1 Å². The van der Waals surface area contributed by atoms with Crippen LogP contribution < -0.4 is 0 Å². The number of ether oxygens (including phenoxy) is 1. The molecule has 1 aliphatic rings. The highest BCUT2D eigenvalue weighted by atomic mass is 32.2. The molecule has 2 rings (SSSR count). The van der Waals surface area contributed by atoms with Gasteiger partial charge in [0.2, 0.25) is 0 Å². The Morgan fingerprint density at radius 1 is 1.45 bits per heavy atom. The van der Waals surface area contributed by atoms with E-state index in [2.05, 4.69) is 0 Å². The molecule has 0 saturated heterocycles. The van der Waals surface area contributed by atoms with Crippen molar-refractivity contribution in [1.82, 2.24) is 4.90 Å². The van der Waals surface area contributed by atoms with Gasteiger partial charge in [0, 0.05) is 6.04 Å². The molecule has 1 aliphatic carbocycles. The topological polar surface area (TPSA) is 59.8 Å². The SMILES string of the molecule is CCOC(=O)CN(C(=O)c1ccc(CSC)o1)C1CC1. The zero-order valence-electron chi connectivity index (χ0n) is 11.8. The summed E-state index contributed by atoms with van der Waals surface area (Å²) in [5.41, 5.74) is 0. The van der Waals surface area contributed by atoms with E-state index in [9.17, 15) is 9.59 Å². The fourth-order valence-corrected chi connectivity index (χ4v) is 2.39. The molecular formula is C14H19NO4S. The molecule has 0 N–H and O–H groups in total. The number of hydrogen-bond acceptors (Lipinski definition) is 5. The Morgan fingerprint density at radius 3 is 2.80 bits per heavy atom. The van der Waals surface area contributed by atoms with Crippen molar-refractivity contribution in [2.45, 2.75) is 31.6 Å². The van der Waals surface area contributed by atoms with E-state index in [1.54, 1.807) is 35.7 Å². The molecule has 0 bridgehead atoms. The predicted octanol–water partition coefficient (Wildman–Crippen LogP) is 2.31. The monoisotopic (exact) mass is 297 g/mol. The van der Waals surface area contributed by atoms with Crippen LogP contribution in [-0.4, -0.2) is 42.2 Å². The predicted molar refractivity (Wildman–Crippen MR) is 76.6 cm³/mol. The van der Waals surface area contributed by atoms with E-state index in [-0.39, 0.29) is 24.5 Å². The zero-order chi connectivity index (χ0) is 14.5. The Hall–Kier alpha value is -1.43. The maximum Gasteiger partial charge on any atom is 0.325 e. The summed E-state index contributed by atoms with van der Waals surface area (Å²) in [4.78, 5) is 25.5. The van der Waals surface area contributed by atoms with Crippen molar-refractivity contribution in [1.29, 1.82) is 0 Å². The van der Waals surface area contributed by atoms with Gasteiger partial charge in [0.05, 0.1) is 12.4 Å². The second kappa shape index (κ2) is 6.83. The first-order chi connectivity index (χ1) is 9.65. The van der Waals surface area contributed by atoms with Crippen LogP contribution in [0.5, 0.6) is 0 Å². The molecule has 0 spiro atoms. The van der Waals surface area contributed by atoms with E-state index >= 15 is 0 Å². The van der Waals surface area contributed by atoms with Gasteiger partial charge in [-0.3, -0.25) is 9.59 Å². The van der Waals surface area contributed by atoms with Crippen molar-refractivity contribution in [3.05, 3.63) is 23.7 Å². The van der Waals surface area contributed by atoms with Crippen LogP contribution in [0.1, 0.15) is 36.1 Å². The fraction of sp³-hybridized carbons (Fsp3) is 0.571. The van der Waals surface area contributed by atoms with Crippen molar-refractivity contribution >= 4 is 23.6 Å². The van der Waals surface area contributed by atoms with Gasteiger partial charge in [0.25, 0.3) is 5.91 Å². The van der Waals surface area contributed by atoms with Crippen molar-refractivity contribution < 1.29 is 18.7 Å². The Morgan fingerprint density at radius 2 is 2.20 bits per heavy atom. The number of furan rings is 1. The Labute approximate surface area is 122 Å². The van der Waals surface area contributed by atoms with Gasteiger partial charge in [-0.1, -0.05) is 0 Å². The Balaban J connectivity index is 2.04. The first kappa shape index (κ1) is 15.0. The first-order valence-electron chi connectivity index (χ1n) is 6.70. The summed E-state index contributed by atoms with van der Waals surface area (Å²) in [7, 11) is 0. The lowest BCUT2D eigenvalue weighted by atomic mass is 10.3. The molecule has 1 aromatic heterocycles. The summed E-state index contributed by atoms with van der Waals surface area (Å²) in [6.45, 7) is 2.07. The third-order valence-corrected chi connectivity index (χ3v) is 3.59. The molecule has 110 valence electrons. The lowest BCUT2D eigenvalue weighted by Crippen LogP contribution is -2.38. The number of nitrogens with zero attached hydrogens (tertiary/aromatic N) is 1. The largest absolute Gasteiger partial charge is 0.465 e. The minimum absolute atomic E-state index is 0.00407. The molecule has 0 unspecified atom stereocenters. The van der Waals surface area contributed by atoms with Crippen molar-refractivity contribution in [2.24, 2.45) is 0 Å². The molecule has 0 atom stereocenters. The number of carbonyl (C=O) groups is 2. The summed E-state index contributed by atoms with van der Waals surface area (Å²) in [6.07, 6.45) is 3.84. The average Bonchev–Trinajstić information content (AvgIpc) is 3.15. The van der Waals surface area contributed by atoms with Crippen LogP contribution in [0.3, 0.4) is 0 Å². The Kier molecular flexibility index (Phi) is 5.11. The minimum Gasteiger partial charge on any atom is -0.465 e. The normalized spacial score (nSPS) is 14.1. The molecule has 1 heterocycles. The number of thioether (sulfide) groups is 1. The van der Waals surface area contributed by atoms with Gasteiger partial charge >= 0.3 is 5.97 Å². The van der Waals surface area contributed by atoms with E-state index in [0.717, 1.165) is 24.4 Å². The van der Waals surface area contributed by atoms with E-state index in [1.807, 2.05) is 6.26 Å². The molecule has 0 radical (unpaired) electrons. The number of esters is 1. The van der Waals surface area contributed by atoms with Gasteiger partial charge in [0.15, 0.2) is 5.76 Å². The van der Waals surface area contributed by atoms with Crippen LogP contribution in [-0.2, 0) is 15.3 Å². The van der Waals surface area contributed by atoms with Crippen molar-refractivity contribution in [3.63, 3.8) is 0 Å². The van der Waals surface area contributed by atoms with Crippen LogP contribution in [0, 0.1) is 0 Å². The fourth-order valence-electron chi connectivity index (χ4n) is 1.95. The van der Waals surface area contributed by atoms with Crippen molar-refractivity contribution in [2.75, 3.05) is 19.4 Å². The van der Waals surface area contributed by atoms with E-state index in [4.69, 9.17) is 9.15 Å². The summed E-state index contributed by atoms with van der Waals surface area (Å²) in [6, 6.07) is 3.62. The van der Waals surface area contributed by atoms with Crippen LogP contribution in [0.25, 0.3) is 0 Å². The maximum atomic E-state index is 12.4. The highest BCUT2D eigenvalue weighted by Gasteiger charge is 2.35. The van der Waals surface area contributed by atoms with Crippen LogP contribution in [0.15, 0.2) is 16.5 Å². The number of hydrogen-bond donors (Lipinski definition) is 0. The summed E-state index contributed by atoms with van der Waals surface area (Å²) >= 11 is 1.63. The third kappa shape index (κ3) is 3.79. The molecule has 1 saturated carbocycles. The Bertz CT molecular complexity index is 481. The molecule has 6 heteroatoms. The van der Waals surface area contributed by atoms with Crippen molar-refractivity contribution in [3.8, 4) is 0 Å². The van der Waals surface area contributed by atoms with Gasteiger partial charge in [-0.25, -0.2) is 0 Å². The molecule has 1 fully saturated rings. The standard InChI is InChI=1S/C14H19NO4S/c1-3-18-13(16)8-15(10-4-5-10)14(17)12-7-6-11(19-12)9-20-2/h6-7,10H,3-5,8-9H2,1-2H3. The van der Waals surface area contributed by atoms with E-state index in [1.165, 1.54) is 0 Å². The zero-order valence-corrected chi connectivity index (χ0v) is 12.6. The lowest BCUT2D eigenvalue weighted by molar-refractivity contribution is -0.144. The molecule has 5 nitrogen and oxygen atoms in total.